The molecule has 7 rings (SSSR count). The maximum atomic E-state index is 15.4. The summed E-state index contributed by atoms with van der Waals surface area (Å²) < 4.78 is 71.2. The van der Waals surface area contributed by atoms with E-state index in [0.717, 1.165) is 24.1 Å². The fraction of sp³-hybridized carbons (Fsp3) is 0.432. The van der Waals surface area contributed by atoms with E-state index in [9.17, 15) is 61.1 Å². The molecule has 3 radical (unpaired) electrons. The van der Waals surface area contributed by atoms with Crippen LogP contribution in [0.2, 0.25) is 3.98 Å². The van der Waals surface area contributed by atoms with Crippen LogP contribution in [-0.2, 0) is 72.2 Å². The van der Waals surface area contributed by atoms with E-state index in [4.69, 9.17) is 14.5 Å². The zero-order valence-electron chi connectivity index (χ0n) is 37.6. The standard InChI is InChI=1S/C44H44F4N9O12.Pb/c1-5-21-23-10-29-38-24(15-56(29)41(65)25(23)17-68-43(21)67)37-28(7-6-22-19(2)26(45)11-27(54-38)36(22)37)55(4)42(66)39(44(46,47)48)69-18-52-31(59)13-51-40(64)20(3)53-32(60)14-49-30(58)12-50-33(61)16-57-34(62)8-9-35(57)63;/h8-11,20-21,28,39H,3,5-7,12-18H2,1-2,4H3,(H,49,58)(H,50,61)(H,51,64)(H,52,59)(H,53,60);. The van der Waals surface area contributed by atoms with Crippen molar-refractivity contribution in [3.8, 4) is 11.4 Å². The molecule has 5 heterocycles. The number of carbonyl (C=O) groups excluding carboxylic acids is 9. The number of alkyl halides is 3. The molecule has 3 aromatic rings. The van der Waals surface area contributed by atoms with E-state index < -0.39 is 128 Å². The van der Waals surface area contributed by atoms with Crippen molar-refractivity contribution in [2.75, 3.05) is 40.0 Å². The molecule has 8 amide bonds. The average molecular weight is 1170 g/mol. The molecule has 4 unspecified atom stereocenters. The third-order valence-electron chi connectivity index (χ3n) is 12.4. The van der Waals surface area contributed by atoms with Crippen LogP contribution in [0.5, 0.6) is 0 Å². The molecule has 3 aliphatic heterocycles. The number of amides is 8. The third kappa shape index (κ3) is 10.3. The Morgan fingerprint density at radius 3 is 2.26 bits per heavy atom. The summed E-state index contributed by atoms with van der Waals surface area (Å²) in [4.78, 5) is 132. The molecule has 0 spiro atoms. The second kappa shape index (κ2) is 20.7. The second-order valence-corrected chi connectivity index (χ2v) is 18.2. The summed E-state index contributed by atoms with van der Waals surface area (Å²) in [6.45, 7) is -0.763. The van der Waals surface area contributed by atoms with E-state index in [1.165, 1.54) is 10.6 Å². The number of fused-ring (bicyclic) bond motifs is 5. The van der Waals surface area contributed by atoms with Gasteiger partial charge in [0.1, 0.15) is 12.4 Å². The van der Waals surface area contributed by atoms with E-state index in [-0.39, 0.29) is 46.7 Å². The van der Waals surface area contributed by atoms with Gasteiger partial charge in [-0.25, -0.2) is 9.37 Å². The number of rotatable bonds is 17. The first-order chi connectivity index (χ1) is 33.1. The Balaban J connectivity index is 0.963. The molecule has 1 aromatic carbocycles. The zero-order valence-corrected chi connectivity index (χ0v) is 41.5. The van der Waals surface area contributed by atoms with Crippen molar-refractivity contribution >= 4 is 89.9 Å². The number of imide groups is 1. The zero-order chi connectivity index (χ0) is 50.9. The number of hydrogen-bond donors (Lipinski definition) is 5. The number of ether oxygens (including phenoxy) is 2. The molecular formula is C44H44F4N9O12Pb. The van der Waals surface area contributed by atoms with Crippen LogP contribution >= 0.6 is 0 Å². The van der Waals surface area contributed by atoms with Crippen LogP contribution in [0, 0.1) is 12.7 Å². The molecule has 4 aliphatic rings. The van der Waals surface area contributed by atoms with E-state index in [1.807, 2.05) is 0 Å². The van der Waals surface area contributed by atoms with Gasteiger partial charge in [0.15, 0.2) is 0 Å². The number of nitrogens with zero attached hydrogens (tertiary/aromatic N) is 4. The van der Waals surface area contributed by atoms with Crippen molar-refractivity contribution in [2.45, 2.75) is 80.5 Å². The topological polar surface area (TPSA) is 274 Å². The Morgan fingerprint density at radius 1 is 0.929 bits per heavy atom. The van der Waals surface area contributed by atoms with Gasteiger partial charge in [0, 0.05) is 36.2 Å². The quantitative estimate of drug-likeness (QED) is 0.0286. The molecule has 70 heavy (non-hydrogen) atoms. The van der Waals surface area contributed by atoms with Crippen LogP contribution in [0.15, 0.2) is 29.1 Å². The number of carbonyl (C=O) groups is 9. The summed E-state index contributed by atoms with van der Waals surface area (Å²) in [7, 11) is 1.16. The van der Waals surface area contributed by atoms with Gasteiger partial charge < -0.3 is 9.30 Å². The molecule has 0 saturated carbocycles. The van der Waals surface area contributed by atoms with Gasteiger partial charge in [0.05, 0.1) is 41.0 Å². The van der Waals surface area contributed by atoms with Crippen LogP contribution in [0.4, 0.5) is 17.6 Å². The smallest absolute Gasteiger partial charge is 0.0245 e. The van der Waals surface area contributed by atoms with Crippen LogP contribution < -0.4 is 32.1 Å². The first-order valence-electron chi connectivity index (χ1n) is 21.7. The van der Waals surface area contributed by atoms with Gasteiger partial charge in [-0.2, -0.15) is 0 Å². The second-order valence-electron chi connectivity index (χ2n) is 16.7. The third-order valence-corrected chi connectivity index (χ3v) is 14.0. The SMILES string of the molecule is CCC1C(=O)OCc2c1cc1n(c2=O)Cc2c-1nc1cc(F)c(C)c3c1c2C(N(C)C(=O)C(OCNC(=O)CNC(=O)C([CH2][Pb])NC(=O)CNC(=O)CNC(=O)CN1C(=O)C=CC1=O)C(F)(F)F)CC3. The van der Waals surface area contributed by atoms with Gasteiger partial charge in [-0.05, 0) is 54.5 Å². The number of aromatic nitrogens is 2. The van der Waals surface area contributed by atoms with Crippen LogP contribution in [0.25, 0.3) is 22.3 Å². The van der Waals surface area contributed by atoms with Crippen molar-refractivity contribution in [3.63, 3.8) is 0 Å². The Morgan fingerprint density at radius 2 is 1.59 bits per heavy atom. The molecular weight excluding hydrogens is 1130 g/mol. The molecule has 0 saturated heterocycles. The summed E-state index contributed by atoms with van der Waals surface area (Å²) in [5.41, 5.74) is 2.69. The summed E-state index contributed by atoms with van der Waals surface area (Å²) in [5.74, 6) is -9.03. The molecule has 0 bridgehead atoms. The number of halogens is 4. The average Bonchev–Trinajstić information content (AvgIpc) is 3.85. The number of cyclic esters (lactones) is 1. The number of benzene rings is 1. The van der Waals surface area contributed by atoms with E-state index >= 15 is 4.39 Å². The summed E-state index contributed by atoms with van der Waals surface area (Å²) in [5, 5.41) is 11.5. The summed E-state index contributed by atoms with van der Waals surface area (Å²) in [6, 6.07) is 0.644. The van der Waals surface area contributed by atoms with Crippen LogP contribution in [0.1, 0.15) is 65.1 Å². The van der Waals surface area contributed by atoms with Crippen LogP contribution in [0.3, 0.4) is 0 Å². The minimum atomic E-state index is -5.29. The van der Waals surface area contributed by atoms with Gasteiger partial charge in [0.2, 0.25) is 0 Å². The molecule has 1 aliphatic carbocycles. The molecule has 0 fully saturated rings. The van der Waals surface area contributed by atoms with E-state index in [0.29, 0.717) is 76.0 Å². The van der Waals surface area contributed by atoms with Gasteiger partial charge in [-0.1, -0.05) is 6.92 Å². The normalized spacial score (nSPS) is 17.5. The van der Waals surface area contributed by atoms with Crippen molar-refractivity contribution in [1.82, 2.24) is 45.9 Å². The maximum absolute atomic E-state index is 15.4. The number of likely N-dealkylation sites (N-methyl/N-ethyl adjacent to an activating group) is 1. The molecule has 5 N–H and O–H groups in total. The minimum absolute atomic E-state index is 0.0528. The number of nitrogens with one attached hydrogen (secondary N) is 5. The number of pyridine rings is 2. The fourth-order valence-corrected chi connectivity index (χ4v) is 9.92. The molecule has 4 atom stereocenters. The number of esters is 1. The Kier molecular flexibility index (Phi) is 15.2. The van der Waals surface area contributed by atoms with Gasteiger partial charge in [-0.3, -0.25) is 19.2 Å². The van der Waals surface area contributed by atoms with E-state index in [2.05, 4.69) is 26.6 Å². The number of hydrogen-bond acceptors (Lipinski definition) is 13. The fourth-order valence-electron chi connectivity index (χ4n) is 8.80. The first-order valence-corrected chi connectivity index (χ1v) is 24.5. The molecule has 21 nitrogen and oxygen atoms in total. The van der Waals surface area contributed by atoms with Crippen molar-refractivity contribution in [3.05, 3.63) is 73.8 Å². The predicted octanol–water partition coefficient (Wildman–Crippen LogP) is -0.765. The Hall–Kier alpha value is -6.65. The van der Waals surface area contributed by atoms with Gasteiger partial charge in [0.25, 0.3) is 17.4 Å². The summed E-state index contributed by atoms with van der Waals surface area (Å²) in [6.07, 6.45) is -5.87. The first kappa shape index (κ1) is 51.2. The molecule has 26 heteroatoms. The monoisotopic (exact) mass is 1170 g/mol. The van der Waals surface area contributed by atoms with E-state index in [1.54, 1.807) is 19.9 Å². The van der Waals surface area contributed by atoms with Crippen molar-refractivity contribution in [1.29, 1.82) is 0 Å². The minimum Gasteiger partial charge on any atom is -0.0245 e. The van der Waals surface area contributed by atoms with Crippen molar-refractivity contribution in [2.24, 2.45) is 0 Å². The predicted molar refractivity (Wildman–Crippen MR) is 233 cm³/mol. The number of aryl methyl sites for hydroxylation is 1. The molecule has 2 aromatic heterocycles. The van der Waals surface area contributed by atoms with Crippen LogP contribution in [-0.4, -0.2) is 157 Å². The Bertz CT molecular complexity index is 2840. The van der Waals surface area contributed by atoms with Crippen molar-refractivity contribution < 1.29 is 70.2 Å². The molecule has 369 valence electrons. The Labute approximate surface area is 410 Å². The summed E-state index contributed by atoms with van der Waals surface area (Å²) >= 11 is 0.376. The van der Waals surface area contributed by atoms with Gasteiger partial charge in [-0.15, -0.1) is 0 Å². The van der Waals surface area contributed by atoms with Gasteiger partial charge >= 0.3 is 205 Å².